The predicted octanol–water partition coefficient (Wildman–Crippen LogP) is 3.84. The zero-order chi connectivity index (χ0) is 15.1. The minimum absolute atomic E-state index is 0.0832. The molecule has 0 aliphatic carbocycles. The highest BCUT2D eigenvalue weighted by atomic mass is 19.1. The summed E-state index contributed by atoms with van der Waals surface area (Å²) < 4.78 is 13.9. The van der Waals surface area contributed by atoms with Crippen LogP contribution in [0.1, 0.15) is 45.7 Å². The molecule has 0 saturated heterocycles. The Morgan fingerprint density at radius 2 is 1.85 bits per heavy atom. The molecular weight excluding hydrogens is 251 g/mol. The first-order chi connectivity index (χ1) is 9.49. The van der Waals surface area contributed by atoms with Gasteiger partial charge in [0.15, 0.2) is 0 Å². The van der Waals surface area contributed by atoms with Crippen LogP contribution in [0.2, 0.25) is 0 Å². The molecule has 0 bridgehead atoms. The molecule has 3 heteroatoms. The number of benzene rings is 1. The fourth-order valence-electron chi connectivity index (χ4n) is 2.46. The number of nitrogens with one attached hydrogen (secondary N) is 1. The molecule has 3 atom stereocenters. The Morgan fingerprint density at radius 3 is 2.45 bits per heavy atom. The molecule has 2 nitrogen and oxygen atoms in total. The van der Waals surface area contributed by atoms with Crippen molar-refractivity contribution in [2.24, 2.45) is 5.92 Å². The molecule has 1 aromatic carbocycles. The molecule has 1 N–H and O–H groups in total. The standard InChI is InChI=1S/C17H29FN2/c1-6-11-19-12-13(2)14(3)20(5)15(4)16-9-7-8-10-17(16)18/h7-10,13-15,19H,6,11-12H2,1-5H3. The van der Waals surface area contributed by atoms with Gasteiger partial charge in [-0.15, -0.1) is 0 Å². The van der Waals surface area contributed by atoms with Gasteiger partial charge in [0, 0.05) is 17.6 Å². The van der Waals surface area contributed by atoms with E-state index in [1.165, 1.54) is 6.07 Å². The maximum atomic E-state index is 13.9. The summed E-state index contributed by atoms with van der Waals surface area (Å²) in [4.78, 5) is 2.26. The summed E-state index contributed by atoms with van der Waals surface area (Å²) in [6, 6.07) is 7.54. The minimum atomic E-state index is -0.115. The molecule has 0 aromatic heterocycles. The molecule has 0 saturated carbocycles. The quantitative estimate of drug-likeness (QED) is 0.728. The minimum Gasteiger partial charge on any atom is -0.316 e. The lowest BCUT2D eigenvalue weighted by Gasteiger charge is -2.35. The van der Waals surface area contributed by atoms with E-state index in [2.05, 4.69) is 45.0 Å². The second kappa shape index (κ2) is 8.38. The van der Waals surface area contributed by atoms with Crippen LogP contribution < -0.4 is 5.32 Å². The SMILES string of the molecule is CCCNCC(C)C(C)N(C)C(C)c1ccccc1F. The molecule has 0 spiro atoms. The van der Waals surface area contributed by atoms with Crippen molar-refractivity contribution >= 4 is 0 Å². The Kier molecular flexibility index (Phi) is 7.17. The summed E-state index contributed by atoms with van der Waals surface area (Å²) in [6.07, 6.45) is 1.16. The van der Waals surface area contributed by atoms with Gasteiger partial charge in [-0.25, -0.2) is 4.39 Å². The third-order valence-electron chi connectivity index (χ3n) is 4.33. The van der Waals surface area contributed by atoms with Crippen molar-refractivity contribution in [1.82, 2.24) is 10.2 Å². The zero-order valence-electron chi connectivity index (χ0n) is 13.5. The highest BCUT2D eigenvalue weighted by Crippen LogP contribution is 2.25. The first-order valence-corrected chi connectivity index (χ1v) is 7.66. The Morgan fingerprint density at radius 1 is 1.20 bits per heavy atom. The van der Waals surface area contributed by atoms with Gasteiger partial charge in [0.05, 0.1) is 0 Å². The maximum Gasteiger partial charge on any atom is 0.127 e. The molecular formula is C17H29FN2. The number of rotatable bonds is 8. The largest absolute Gasteiger partial charge is 0.316 e. The fourth-order valence-corrected chi connectivity index (χ4v) is 2.46. The number of hydrogen-bond donors (Lipinski definition) is 1. The van der Waals surface area contributed by atoms with Gasteiger partial charge < -0.3 is 5.32 Å². The van der Waals surface area contributed by atoms with Gasteiger partial charge in [-0.05, 0) is 52.4 Å². The Hall–Kier alpha value is -0.930. The summed E-state index contributed by atoms with van der Waals surface area (Å²) >= 11 is 0. The van der Waals surface area contributed by atoms with Gasteiger partial charge in [-0.3, -0.25) is 4.90 Å². The van der Waals surface area contributed by atoms with Crippen LogP contribution in [0.25, 0.3) is 0 Å². The second-order valence-corrected chi connectivity index (χ2v) is 5.78. The highest BCUT2D eigenvalue weighted by molar-refractivity contribution is 5.20. The van der Waals surface area contributed by atoms with Crippen LogP contribution in [0.5, 0.6) is 0 Å². The summed E-state index contributed by atoms with van der Waals surface area (Å²) in [5.41, 5.74) is 0.774. The van der Waals surface area contributed by atoms with Gasteiger partial charge >= 0.3 is 0 Å². The predicted molar refractivity (Wildman–Crippen MR) is 84.4 cm³/mol. The van der Waals surface area contributed by atoms with Crippen LogP contribution in [0, 0.1) is 11.7 Å². The average molecular weight is 280 g/mol. The first-order valence-electron chi connectivity index (χ1n) is 7.66. The van der Waals surface area contributed by atoms with Crippen LogP contribution in [-0.2, 0) is 0 Å². The van der Waals surface area contributed by atoms with E-state index in [0.29, 0.717) is 12.0 Å². The third-order valence-corrected chi connectivity index (χ3v) is 4.33. The summed E-state index contributed by atoms with van der Waals surface area (Å²) in [6.45, 7) is 10.8. The summed E-state index contributed by atoms with van der Waals surface area (Å²) in [7, 11) is 2.08. The molecule has 0 fully saturated rings. The van der Waals surface area contributed by atoms with Crippen LogP contribution in [0.15, 0.2) is 24.3 Å². The molecule has 0 amide bonds. The number of hydrogen-bond acceptors (Lipinski definition) is 2. The fraction of sp³-hybridized carbons (Fsp3) is 0.647. The van der Waals surface area contributed by atoms with E-state index < -0.39 is 0 Å². The van der Waals surface area contributed by atoms with Crippen LogP contribution in [-0.4, -0.2) is 31.1 Å². The third kappa shape index (κ3) is 4.57. The van der Waals surface area contributed by atoms with Crippen molar-refractivity contribution in [3.8, 4) is 0 Å². The van der Waals surface area contributed by atoms with E-state index in [-0.39, 0.29) is 11.9 Å². The van der Waals surface area contributed by atoms with E-state index in [1.807, 2.05) is 12.1 Å². The molecule has 0 aliphatic rings. The molecule has 0 radical (unpaired) electrons. The summed E-state index contributed by atoms with van der Waals surface area (Å²) in [5.74, 6) is 0.414. The Balaban J connectivity index is 2.63. The van der Waals surface area contributed by atoms with Gasteiger partial charge in [-0.1, -0.05) is 32.0 Å². The second-order valence-electron chi connectivity index (χ2n) is 5.78. The average Bonchev–Trinajstić information content (AvgIpc) is 2.45. The summed E-state index contributed by atoms with van der Waals surface area (Å²) in [5, 5.41) is 3.46. The highest BCUT2D eigenvalue weighted by Gasteiger charge is 2.23. The van der Waals surface area contributed by atoms with Gasteiger partial charge in [0.2, 0.25) is 0 Å². The molecule has 20 heavy (non-hydrogen) atoms. The normalized spacial score (nSPS) is 16.1. The van der Waals surface area contributed by atoms with Crippen molar-refractivity contribution in [3.63, 3.8) is 0 Å². The molecule has 0 heterocycles. The van der Waals surface area contributed by atoms with E-state index in [0.717, 1.165) is 25.1 Å². The lowest BCUT2D eigenvalue weighted by atomic mass is 9.98. The van der Waals surface area contributed by atoms with Crippen molar-refractivity contribution in [2.45, 2.75) is 46.2 Å². The smallest absolute Gasteiger partial charge is 0.127 e. The van der Waals surface area contributed by atoms with Crippen molar-refractivity contribution < 1.29 is 4.39 Å². The molecule has 1 rings (SSSR count). The van der Waals surface area contributed by atoms with E-state index in [4.69, 9.17) is 0 Å². The number of nitrogens with zero attached hydrogens (tertiary/aromatic N) is 1. The van der Waals surface area contributed by atoms with Crippen LogP contribution >= 0.6 is 0 Å². The Labute approximate surface area is 123 Å². The van der Waals surface area contributed by atoms with Crippen molar-refractivity contribution in [3.05, 3.63) is 35.6 Å². The van der Waals surface area contributed by atoms with Crippen molar-refractivity contribution in [2.75, 3.05) is 20.1 Å². The lowest BCUT2D eigenvalue weighted by molar-refractivity contribution is 0.147. The molecule has 0 aliphatic heterocycles. The maximum absolute atomic E-state index is 13.9. The van der Waals surface area contributed by atoms with Crippen LogP contribution in [0.3, 0.4) is 0 Å². The van der Waals surface area contributed by atoms with Gasteiger partial charge in [0.1, 0.15) is 5.82 Å². The van der Waals surface area contributed by atoms with E-state index in [9.17, 15) is 4.39 Å². The number of halogens is 1. The lowest BCUT2D eigenvalue weighted by Crippen LogP contribution is -2.40. The monoisotopic (exact) mass is 280 g/mol. The van der Waals surface area contributed by atoms with E-state index in [1.54, 1.807) is 6.07 Å². The zero-order valence-corrected chi connectivity index (χ0v) is 13.5. The first kappa shape index (κ1) is 17.1. The van der Waals surface area contributed by atoms with E-state index >= 15 is 0 Å². The molecule has 3 unspecified atom stereocenters. The molecule has 114 valence electrons. The Bertz CT molecular complexity index is 394. The van der Waals surface area contributed by atoms with Crippen molar-refractivity contribution in [1.29, 1.82) is 0 Å². The molecule has 1 aromatic rings. The van der Waals surface area contributed by atoms with Gasteiger partial charge in [-0.2, -0.15) is 0 Å². The van der Waals surface area contributed by atoms with Gasteiger partial charge in [0.25, 0.3) is 0 Å². The van der Waals surface area contributed by atoms with Crippen LogP contribution in [0.4, 0.5) is 4.39 Å². The topological polar surface area (TPSA) is 15.3 Å².